The predicted octanol–water partition coefficient (Wildman–Crippen LogP) is 3.14. The van der Waals surface area contributed by atoms with Crippen molar-refractivity contribution >= 4 is 11.4 Å². The van der Waals surface area contributed by atoms with Gasteiger partial charge in [-0.05, 0) is 37.8 Å². The van der Waals surface area contributed by atoms with Crippen LogP contribution >= 0.6 is 0 Å². The molecule has 0 spiro atoms. The average molecular weight is 346 g/mol. The van der Waals surface area contributed by atoms with Crippen LogP contribution in [0, 0.1) is 23.0 Å². The second-order valence-corrected chi connectivity index (χ2v) is 6.20. The first-order valence-electron chi connectivity index (χ1n) is 8.52. The van der Waals surface area contributed by atoms with Crippen LogP contribution < -0.4 is 9.64 Å². The van der Waals surface area contributed by atoms with Gasteiger partial charge in [0.05, 0.1) is 11.5 Å². The molecule has 1 fully saturated rings. The molecular formula is C17H22N4O4. The van der Waals surface area contributed by atoms with E-state index in [1.807, 2.05) is 6.92 Å². The summed E-state index contributed by atoms with van der Waals surface area (Å²) in [5, 5.41) is 15.6. The van der Waals surface area contributed by atoms with E-state index in [1.54, 1.807) is 25.1 Å². The molecule has 1 saturated heterocycles. The lowest BCUT2D eigenvalue weighted by molar-refractivity contribution is -0.385. The number of aromatic nitrogens is 2. The maximum Gasteiger partial charge on any atom is 0.333 e. The van der Waals surface area contributed by atoms with Gasteiger partial charge in [-0.2, -0.15) is 4.98 Å². The summed E-state index contributed by atoms with van der Waals surface area (Å²) in [7, 11) is 0. The topological polar surface area (TPSA) is 94.5 Å². The number of nitrogens with zero attached hydrogens (tertiary/aromatic N) is 4. The molecule has 1 aliphatic heterocycles. The molecule has 1 aliphatic rings. The highest BCUT2D eigenvalue weighted by Crippen LogP contribution is 2.39. The molecule has 0 bridgehead atoms. The highest BCUT2D eigenvalue weighted by molar-refractivity contribution is 5.70. The Balaban J connectivity index is 1.81. The average Bonchev–Trinajstić information content (AvgIpc) is 3.00. The molecule has 2 aromatic rings. The Hall–Kier alpha value is -2.64. The molecule has 1 aromatic heterocycles. The van der Waals surface area contributed by atoms with Crippen molar-refractivity contribution in [1.82, 2.24) is 10.1 Å². The number of piperidine rings is 1. The van der Waals surface area contributed by atoms with Crippen molar-refractivity contribution in [2.75, 3.05) is 24.6 Å². The Kier molecular flexibility index (Phi) is 5.16. The molecule has 0 aliphatic carbocycles. The van der Waals surface area contributed by atoms with Gasteiger partial charge in [-0.15, -0.1) is 0 Å². The minimum absolute atomic E-state index is 0.0420. The van der Waals surface area contributed by atoms with Crippen LogP contribution in [0.25, 0.3) is 0 Å². The zero-order valence-electron chi connectivity index (χ0n) is 14.5. The first kappa shape index (κ1) is 17.2. The number of nitro groups is 1. The molecule has 8 nitrogen and oxygen atoms in total. The molecule has 2 heterocycles. The molecular weight excluding hydrogens is 324 g/mol. The summed E-state index contributed by atoms with van der Waals surface area (Å²) < 4.78 is 10.5. The van der Waals surface area contributed by atoms with Crippen molar-refractivity contribution in [1.29, 1.82) is 0 Å². The fourth-order valence-electron chi connectivity index (χ4n) is 3.35. The lowest BCUT2D eigenvalue weighted by atomic mass is 9.94. The quantitative estimate of drug-likeness (QED) is 0.585. The maximum atomic E-state index is 11.6. The fourth-order valence-corrected chi connectivity index (χ4v) is 3.35. The van der Waals surface area contributed by atoms with Gasteiger partial charge >= 0.3 is 5.69 Å². The van der Waals surface area contributed by atoms with E-state index in [0.29, 0.717) is 42.1 Å². The van der Waals surface area contributed by atoms with Crippen LogP contribution in [0.15, 0.2) is 22.7 Å². The smallest absolute Gasteiger partial charge is 0.333 e. The Labute approximate surface area is 145 Å². The molecule has 0 saturated carbocycles. The van der Waals surface area contributed by atoms with Crippen LogP contribution in [0.4, 0.5) is 11.4 Å². The third-order valence-corrected chi connectivity index (χ3v) is 4.36. The molecule has 0 radical (unpaired) electrons. The van der Waals surface area contributed by atoms with Crippen LogP contribution in [-0.4, -0.2) is 34.8 Å². The molecule has 0 N–H and O–H groups in total. The first-order chi connectivity index (χ1) is 12.1. The minimum Gasteiger partial charge on any atom is -0.487 e. The van der Waals surface area contributed by atoms with Gasteiger partial charge in [-0.25, -0.2) is 0 Å². The second-order valence-electron chi connectivity index (χ2n) is 6.20. The lowest BCUT2D eigenvalue weighted by Crippen LogP contribution is -2.36. The van der Waals surface area contributed by atoms with E-state index in [0.717, 1.165) is 25.9 Å². The highest BCUT2D eigenvalue weighted by Gasteiger charge is 2.29. The van der Waals surface area contributed by atoms with Gasteiger partial charge in [0, 0.05) is 26.4 Å². The summed E-state index contributed by atoms with van der Waals surface area (Å²) in [4.78, 5) is 17.6. The molecule has 25 heavy (non-hydrogen) atoms. The minimum atomic E-state index is -0.355. The third kappa shape index (κ3) is 3.89. The van der Waals surface area contributed by atoms with E-state index in [9.17, 15) is 10.1 Å². The molecule has 1 aromatic carbocycles. The molecule has 8 heteroatoms. The zero-order valence-corrected chi connectivity index (χ0v) is 14.5. The number of anilines is 1. The van der Waals surface area contributed by atoms with Gasteiger partial charge in [-0.3, -0.25) is 10.1 Å². The van der Waals surface area contributed by atoms with Gasteiger partial charge in [0.25, 0.3) is 0 Å². The fraction of sp³-hybridized carbons (Fsp3) is 0.529. The monoisotopic (exact) mass is 346 g/mol. The van der Waals surface area contributed by atoms with E-state index in [2.05, 4.69) is 15.0 Å². The van der Waals surface area contributed by atoms with Crippen molar-refractivity contribution in [3.63, 3.8) is 0 Å². The van der Waals surface area contributed by atoms with Gasteiger partial charge in [-0.1, -0.05) is 11.2 Å². The van der Waals surface area contributed by atoms with E-state index in [-0.39, 0.29) is 10.6 Å². The first-order valence-corrected chi connectivity index (χ1v) is 8.52. The maximum absolute atomic E-state index is 11.6. The van der Waals surface area contributed by atoms with Crippen molar-refractivity contribution in [3.05, 3.63) is 40.0 Å². The summed E-state index contributed by atoms with van der Waals surface area (Å²) in [6.45, 7) is 5.50. The van der Waals surface area contributed by atoms with E-state index in [4.69, 9.17) is 9.26 Å². The van der Waals surface area contributed by atoms with Crippen molar-refractivity contribution in [2.24, 2.45) is 5.92 Å². The molecule has 134 valence electrons. The molecule has 0 amide bonds. The SMILES string of the molecule is CCOc1cccc(N2CCCC(Cc3noc(C)n3)C2)c1[N+](=O)[O-]. The van der Waals surface area contributed by atoms with Gasteiger partial charge in [0.1, 0.15) is 5.69 Å². The van der Waals surface area contributed by atoms with E-state index in [1.165, 1.54) is 0 Å². The summed E-state index contributed by atoms with van der Waals surface area (Å²) in [6, 6.07) is 5.25. The number of hydrogen-bond donors (Lipinski definition) is 0. The number of nitro benzene ring substituents is 1. The molecule has 1 unspecified atom stereocenters. The van der Waals surface area contributed by atoms with Gasteiger partial charge in [0.15, 0.2) is 11.6 Å². The Bertz CT molecular complexity index is 746. The van der Waals surface area contributed by atoms with Crippen molar-refractivity contribution < 1.29 is 14.2 Å². The van der Waals surface area contributed by atoms with Crippen LogP contribution in [0.5, 0.6) is 5.75 Å². The molecule has 3 rings (SSSR count). The molecule has 1 atom stereocenters. The van der Waals surface area contributed by atoms with E-state index >= 15 is 0 Å². The number of para-hydroxylation sites is 1. The summed E-state index contributed by atoms with van der Waals surface area (Å²) in [5.41, 5.74) is 0.658. The van der Waals surface area contributed by atoms with Gasteiger partial charge in [0.2, 0.25) is 5.89 Å². The Morgan fingerprint density at radius 1 is 1.48 bits per heavy atom. The normalized spacial score (nSPS) is 17.5. The predicted molar refractivity (Wildman–Crippen MR) is 91.9 cm³/mol. The standard InChI is InChI=1S/C17H22N4O4/c1-3-24-15-8-4-7-14(17(15)21(22)23)20-9-5-6-13(11-20)10-16-18-12(2)25-19-16/h4,7-8,13H,3,5-6,9-11H2,1-2H3. The third-order valence-electron chi connectivity index (χ3n) is 4.36. The van der Waals surface area contributed by atoms with E-state index < -0.39 is 0 Å². The van der Waals surface area contributed by atoms with Crippen molar-refractivity contribution in [3.8, 4) is 5.75 Å². The largest absolute Gasteiger partial charge is 0.487 e. The Morgan fingerprint density at radius 2 is 2.32 bits per heavy atom. The summed E-state index contributed by atoms with van der Waals surface area (Å²) >= 11 is 0. The number of aryl methyl sites for hydroxylation is 1. The Morgan fingerprint density at radius 3 is 3.00 bits per heavy atom. The number of hydrogen-bond acceptors (Lipinski definition) is 7. The number of rotatable bonds is 6. The number of ether oxygens (including phenoxy) is 1. The lowest BCUT2D eigenvalue weighted by Gasteiger charge is -2.33. The van der Waals surface area contributed by atoms with Crippen LogP contribution in [0.1, 0.15) is 31.5 Å². The van der Waals surface area contributed by atoms with Gasteiger partial charge < -0.3 is 14.2 Å². The zero-order chi connectivity index (χ0) is 17.8. The van der Waals surface area contributed by atoms with Crippen LogP contribution in [0.3, 0.4) is 0 Å². The second kappa shape index (κ2) is 7.50. The summed E-state index contributed by atoms with van der Waals surface area (Å²) in [6.07, 6.45) is 2.73. The number of benzene rings is 1. The summed E-state index contributed by atoms with van der Waals surface area (Å²) in [5.74, 6) is 1.91. The van der Waals surface area contributed by atoms with Crippen LogP contribution in [0.2, 0.25) is 0 Å². The van der Waals surface area contributed by atoms with Crippen molar-refractivity contribution in [2.45, 2.75) is 33.1 Å². The highest BCUT2D eigenvalue weighted by atomic mass is 16.6. The van der Waals surface area contributed by atoms with Crippen LogP contribution in [-0.2, 0) is 6.42 Å².